The summed E-state index contributed by atoms with van der Waals surface area (Å²) >= 11 is 1.26. The van der Waals surface area contributed by atoms with Gasteiger partial charge in [-0.25, -0.2) is 4.98 Å². The zero-order valence-corrected chi connectivity index (χ0v) is 22.2. The number of carbonyl (C=O) groups is 3. The number of ketones is 1. The zero-order chi connectivity index (χ0) is 26.5. The Bertz CT molecular complexity index is 1280. The molecule has 0 radical (unpaired) electrons. The Morgan fingerprint density at radius 3 is 2.58 bits per heavy atom. The van der Waals surface area contributed by atoms with Crippen molar-refractivity contribution in [2.45, 2.75) is 46.2 Å². The van der Waals surface area contributed by atoms with Crippen molar-refractivity contribution in [3.05, 3.63) is 64.8 Å². The number of benzene rings is 1. The van der Waals surface area contributed by atoms with E-state index in [0.717, 1.165) is 11.1 Å². The highest BCUT2D eigenvalue weighted by molar-refractivity contribution is 7.14. The summed E-state index contributed by atoms with van der Waals surface area (Å²) in [6.45, 7) is 9.54. The van der Waals surface area contributed by atoms with Gasteiger partial charge in [-0.1, -0.05) is 24.3 Å². The van der Waals surface area contributed by atoms with Gasteiger partial charge in [0.15, 0.2) is 10.9 Å². The van der Waals surface area contributed by atoms with Crippen LogP contribution in [0.5, 0.6) is 0 Å². The number of anilines is 1. The van der Waals surface area contributed by atoms with E-state index in [1.165, 1.54) is 25.4 Å². The van der Waals surface area contributed by atoms with Gasteiger partial charge in [-0.2, -0.15) is 0 Å². The Kier molecular flexibility index (Phi) is 8.60. The maximum absolute atomic E-state index is 12.9. The molecule has 2 N–H and O–H groups in total. The molecule has 0 saturated carbocycles. The van der Waals surface area contributed by atoms with Gasteiger partial charge in [0.05, 0.1) is 17.9 Å². The van der Waals surface area contributed by atoms with Crippen molar-refractivity contribution >= 4 is 40.1 Å². The van der Waals surface area contributed by atoms with Gasteiger partial charge in [0.1, 0.15) is 6.04 Å². The molecule has 2 amide bonds. The number of ether oxygens (including phenoxy) is 1. The summed E-state index contributed by atoms with van der Waals surface area (Å²) in [5.41, 5.74) is 3.15. The minimum absolute atomic E-state index is 0.00413. The molecule has 9 heteroatoms. The molecule has 2 heterocycles. The van der Waals surface area contributed by atoms with Crippen LogP contribution in [0.15, 0.2) is 48.1 Å². The molecular weight excluding hydrogens is 476 g/mol. The van der Waals surface area contributed by atoms with Crippen LogP contribution in [-0.4, -0.2) is 46.9 Å². The van der Waals surface area contributed by atoms with Gasteiger partial charge in [-0.3, -0.25) is 14.4 Å². The number of nitrogens with one attached hydrogen (secondary N) is 2. The fraction of sp³-hybridized carbons (Fsp3) is 0.333. The van der Waals surface area contributed by atoms with E-state index < -0.39 is 11.9 Å². The first-order chi connectivity index (χ1) is 17.0. The minimum atomic E-state index is -0.905. The van der Waals surface area contributed by atoms with E-state index in [2.05, 4.69) is 15.6 Å². The van der Waals surface area contributed by atoms with Crippen LogP contribution in [0.1, 0.15) is 60.9 Å². The van der Waals surface area contributed by atoms with Gasteiger partial charge in [0.25, 0.3) is 11.8 Å². The maximum atomic E-state index is 12.9. The summed E-state index contributed by atoms with van der Waals surface area (Å²) in [4.78, 5) is 42.3. The Labute approximate surface area is 215 Å². The molecule has 190 valence electrons. The van der Waals surface area contributed by atoms with Crippen LogP contribution >= 0.6 is 11.3 Å². The monoisotopic (exact) mass is 508 g/mol. The lowest BCUT2D eigenvalue weighted by molar-refractivity contribution is -0.119. The standard InChI is InChI=1S/C27H32N4O4S/c1-7-8-18-9-10-19(13-21(18)17(2)32)23-16-36-26(29-23)30-25(34)22(15-35-6)28-24(33)20-11-12-31(14-20)27(3,4)5/h7-14,16,22H,15H2,1-6H3,(H,28,33)(H,29,30,34)/b8-7-. The Morgan fingerprint density at radius 1 is 1.22 bits per heavy atom. The number of Topliss-reactive ketones (excluding diaryl/α,β-unsaturated/α-hetero) is 1. The largest absolute Gasteiger partial charge is 0.382 e. The summed E-state index contributed by atoms with van der Waals surface area (Å²) in [6.07, 6.45) is 7.35. The number of allylic oxidation sites excluding steroid dienone is 1. The molecule has 0 saturated heterocycles. The van der Waals surface area contributed by atoms with Gasteiger partial charge in [0.2, 0.25) is 0 Å². The quantitative estimate of drug-likeness (QED) is 0.397. The van der Waals surface area contributed by atoms with Crippen molar-refractivity contribution in [2.24, 2.45) is 0 Å². The zero-order valence-electron chi connectivity index (χ0n) is 21.4. The van der Waals surface area contributed by atoms with Gasteiger partial charge >= 0.3 is 0 Å². The third-order valence-electron chi connectivity index (χ3n) is 5.49. The molecule has 1 unspecified atom stereocenters. The molecule has 1 atom stereocenters. The van der Waals surface area contributed by atoms with Gasteiger partial charge in [-0.05, 0) is 52.3 Å². The second-order valence-corrected chi connectivity index (χ2v) is 10.2. The SMILES string of the molecule is C/C=C\c1ccc(-c2csc(NC(=O)C(COC)NC(=O)c3ccn(C(C)(C)C)c3)n2)cc1C(C)=O. The molecule has 0 aliphatic heterocycles. The number of aromatic nitrogens is 2. The molecular formula is C27H32N4O4S. The molecule has 0 aliphatic carbocycles. The van der Waals surface area contributed by atoms with Crippen molar-refractivity contribution in [3.63, 3.8) is 0 Å². The van der Waals surface area contributed by atoms with Gasteiger partial charge in [-0.15, -0.1) is 11.3 Å². The summed E-state index contributed by atoms with van der Waals surface area (Å²) in [7, 11) is 1.47. The number of thiazole rings is 1. The first-order valence-corrected chi connectivity index (χ1v) is 12.4. The molecule has 1 aromatic carbocycles. The van der Waals surface area contributed by atoms with E-state index in [9.17, 15) is 14.4 Å². The van der Waals surface area contributed by atoms with E-state index in [-0.39, 0.29) is 23.8 Å². The molecule has 3 rings (SSSR count). The highest BCUT2D eigenvalue weighted by Gasteiger charge is 2.24. The number of hydrogen-bond donors (Lipinski definition) is 2. The van der Waals surface area contributed by atoms with Gasteiger partial charge < -0.3 is 19.9 Å². The molecule has 0 fully saturated rings. The summed E-state index contributed by atoms with van der Waals surface area (Å²) in [5, 5.41) is 7.69. The number of rotatable bonds is 9. The fourth-order valence-corrected chi connectivity index (χ4v) is 4.26. The van der Waals surface area contributed by atoms with Crippen LogP contribution in [0.4, 0.5) is 5.13 Å². The van der Waals surface area contributed by atoms with Crippen molar-refractivity contribution < 1.29 is 19.1 Å². The lowest BCUT2D eigenvalue weighted by atomic mass is 9.99. The maximum Gasteiger partial charge on any atom is 0.253 e. The lowest BCUT2D eigenvalue weighted by Gasteiger charge is -2.21. The second kappa shape index (κ2) is 11.5. The van der Waals surface area contributed by atoms with E-state index in [1.807, 2.05) is 68.1 Å². The highest BCUT2D eigenvalue weighted by atomic mass is 32.1. The van der Waals surface area contributed by atoms with Crippen LogP contribution in [0.25, 0.3) is 17.3 Å². The molecule has 8 nitrogen and oxygen atoms in total. The number of hydrogen-bond acceptors (Lipinski definition) is 6. The minimum Gasteiger partial charge on any atom is -0.382 e. The molecule has 3 aromatic rings. The fourth-order valence-electron chi connectivity index (χ4n) is 3.54. The normalized spacial score (nSPS) is 12.5. The second-order valence-electron chi connectivity index (χ2n) is 9.35. The topological polar surface area (TPSA) is 102 Å². The van der Waals surface area contributed by atoms with Crippen LogP contribution < -0.4 is 10.6 Å². The van der Waals surface area contributed by atoms with Crippen LogP contribution in [-0.2, 0) is 15.1 Å². The van der Waals surface area contributed by atoms with Crippen LogP contribution in [0, 0.1) is 0 Å². The van der Waals surface area contributed by atoms with Crippen molar-refractivity contribution in [1.29, 1.82) is 0 Å². The molecule has 0 aliphatic rings. The Balaban J connectivity index is 1.73. The molecule has 36 heavy (non-hydrogen) atoms. The van der Waals surface area contributed by atoms with E-state index in [0.29, 0.717) is 22.0 Å². The van der Waals surface area contributed by atoms with Crippen molar-refractivity contribution in [3.8, 4) is 11.3 Å². The number of nitrogens with zero attached hydrogens (tertiary/aromatic N) is 2. The average Bonchev–Trinajstić information content (AvgIpc) is 3.49. The first kappa shape index (κ1) is 27.0. The van der Waals surface area contributed by atoms with Crippen molar-refractivity contribution in [1.82, 2.24) is 14.9 Å². The Hall–Kier alpha value is -3.56. The molecule has 2 aromatic heterocycles. The summed E-state index contributed by atoms with van der Waals surface area (Å²) in [6, 6.07) is 6.38. The lowest BCUT2D eigenvalue weighted by Crippen LogP contribution is -2.46. The predicted octanol–water partition coefficient (Wildman–Crippen LogP) is 4.99. The van der Waals surface area contributed by atoms with Gasteiger partial charge in [0, 0.05) is 41.5 Å². The molecule has 0 bridgehead atoms. The molecule has 0 spiro atoms. The first-order valence-electron chi connectivity index (χ1n) is 11.6. The van der Waals surface area contributed by atoms with E-state index in [4.69, 9.17) is 4.74 Å². The van der Waals surface area contributed by atoms with Crippen LogP contribution in [0.3, 0.4) is 0 Å². The van der Waals surface area contributed by atoms with E-state index >= 15 is 0 Å². The van der Waals surface area contributed by atoms with Crippen LogP contribution in [0.2, 0.25) is 0 Å². The summed E-state index contributed by atoms with van der Waals surface area (Å²) < 4.78 is 7.10. The smallest absolute Gasteiger partial charge is 0.253 e. The number of amides is 2. The average molecular weight is 509 g/mol. The van der Waals surface area contributed by atoms with E-state index in [1.54, 1.807) is 18.3 Å². The highest BCUT2D eigenvalue weighted by Crippen LogP contribution is 2.27. The third kappa shape index (κ3) is 6.56. The third-order valence-corrected chi connectivity index (χ3v) is 6.25. The van der Waals surface area contributed by atoms with Crippen molar-refractivity contribution in [2.75, 3.05) is 19.0 Å². The number of methoxy groups -OCH3 is 1. The summed E-state index contributed by atoms with van der Waals surface area (Å²) in [5.74, 6) is -0.841. The predicted molar refractivity (Wildman–Crippen MR) is 143 cm³/mol. The number of carbonyl (C=O) groups excluding carboxylic acids is 3. The Morgan fingerprint density at radius 2 is 1.97 bits per heavy atom.